The Morgan fingerprint density at radius 2 is 1.93 bits per heavy atom. The Morgan fingerprint density at radius 1 is 1.21 bits per heavy atom. The van der Waals surface area contributed by atoms with Crippen LogP contribution in [0.4, 0.5) is 0 Å². The molecule has 0 fully saturated rings. The molecule has 0 aliphatic rings. The molecular weight excluding hydrogens is 396 g/mol. The largest absolute Gasteiger partial charge is 0.349 e. The van der Waals surface area contributed by atoms with E-state index in [0.717, 1.165) is 11.1 Å². The highest BCUT2D eigenvalue weighted by Gasteiger charge is 2.14. The first-order valence-electron chi connectivity index (χ1n) is 8.89. The Kier molecular flexibility index (Phi) is 6.95. The molecule has 0 saturated carbocycles. The van der Waals surface area contributed by atoms with Crippen LogP contribution in [-0.2, 0) is 17.8 Å². The summed E-state index contributed by atoms with van der Waals surface area (Å²) in [5.74, 6) is 0.0469. The second kappa shape index (κ2) is 9.61. The fourth-order valence-corrected chi connectivity index (χ4v) is 3.65. The van der Waals surface area contributed by atoms with E-state index in [0.29, 0.717) is 23.1 Å². The van der Waals surface area contributed by atoms with Crippen molar-refractivity contribution < 1.29 is 4.79 Å². The monoisotopic (exact) mass is 416 g/mol. The number of aromatic amines is 1. The molecule has 146 valence electrons. The van der Waals surface area contributed by atoms with Crippen LogP contribution in [0.15, 0.2) is 64.5 Å². The number of halogens is 1. The third kappa shape index (κ3) is 5.50. The SMILES string of the molecule is C[C@H](NC(=O)CSc1n[nH]c(=O)n1CCc1ccccc1)c1ccc(Cl)cc1. The van der Waals surface area contributed by atoms with Crippen molar-refractivity contribution in [2.24, 2.45) is 0 Å². The van der Waals surface area contributed by atoms with Gasteiger partial charge in [-0.05, 0) is 36.6 Å². The Hall–Kier alpha value is -2.51. The summed E-state index contributed by atoms with van der Waals surface area (Å²) in [5, 5.41) is 10.6. The number of hydrogen-bond donors (Lipinski definition) is 2. The number of nitrogens with one attached hydrogen (secondary N) is 2. The first-order valence-corrected chi connectivity index (χ1v) is 10.3. The molecule has 0 radical (unpaired) electrons. The Balaban J connectivity index is 1.54. The van der Waals surface area contributed by atoms with E-state index in [-0.39, 0.29) is 23.4 Å². The molecule has 8 heteroatoms. The summed E-state index contributed by atoms with van der Waals surface area (Å²) in [7, 11) is 0. The zero-order valence-corrected chi connectivity index (χ0v) is 17.0. The molecule has 0 aliphatic heterocycles. The molecule has 3 aromatic rings. The highest BCUT2D eigenvalue weighted by molar-refractivity contribution is 7.99. The minimum atomic E-state index is -0.270. The van der Waals surface area contributed by atoms with Crippen molar-refractivity contribution in [1.82, 2.24) is 20.1 Å². The molecule has 1 amide bonds. The Bertz CT molecular complexity index is 970. The van der Waals surface area contributed by atoms with Crippen LogP contribution in [0.2, 0.25) is 5.02 Å². The zero-order valence-electron chi connectivity index (χ0n) is 15.4. The van der Waals surface area contributed by atoms with E-state index in [4.69, 9.17) is 11.6 Å². The molecule has 1 aromatic heterocycles. The van der Waals surface area contributed by atoms with Crippen LogP contribution < -0.4 is 11.0 Å². The molecule has 0 saturated heterocycles. The smallest absolute Gasteiger partial charge is 0.343 e. The summed E-state index contributed by atoms with van der Waals surface area (Å²) in [6.45, 7) is 2.42. The standard InChI is InChI=1S/C20H21ClN4O2S/c1-14(16-7-9-17(21)10-8-16)22-18(26)13-28-20-24-23-19(27)25(20)12-11-15-5-3-2-4-6-15/h2-10,14H,11-13H2,1H3,(H,22,26)(H,23,27)/t14-/m0/s1. The molecule has 28 heavy (non-hydrogen) atoms. The van der Waals surface area contributed by atoms with Crippen molar-refractivity contribution in [2.45, 2.75) is 31.1 Å². The van der Waals surface area contributed by atoms with Gasteiger partial charge in [-0.15, -0.1) is 5.10 Å². The zero-order chi connectivity index (χ0) is 19.9. The summed E-state index contributed by atoms with van der Waals surface area (Å²) in [4.78, 5) is 24.3. The van der Waals surface area contributed by atoms with Crippen molar-refractivity contribution >= 4 is 29.3 Å². The lowest BCUT2D eigenvalue weighted by Gasteiger charge is -2.14. The summed E-state index contributed by atoms with van der Waals surface area (Å²) in [6.07, 6.45) is 0.716. The first kappa shape index (κ1) is 20.2. The van der Waals surface area contributed by atoms with Gasteiger partial charge in [0.25, 0.3) is 0 Å². The lowest BCUT2D eigenvalue weighted by molar-refractivity contribution is -0.119. The van der Waals surface area contributed by atoms with Gasteiger partial charge in [0.05, 0.1) is 11.8 Å². The first-order chi connectivity index (χ1) is 13.5. The minimum absolute atomic E-state index is 0.127. The topological polar surface area (TPSA) is 79.8 Å². The highest BCUT2D eigenvalue weighted by atomic mass is 35.5. The van der Waals surface area contributed by atoms with E-state index in [1.807, 2.05) is 49.4 Å². The van der Waals surface area contributed by atoms with Gasteiger partial charge in [0.15, 0.2) is 5.16 Å². The van der Waals surface area contributed by atoms with Crippen molar-refractivity contribution in [3.63, 3.8) is 0 Å². The molecule has 1 atom stereocenters. The van der Waals surface area contributed by atoms with E-state index in [1.54, 1.807) is 16.7 Å². The maximum absolute atomic E-state index is 12.3. The second-order valence-corrected chi connectivity index (χ2v) is 7.71. The van der Waals surface area contributed by atoms with Gasteiger partial charge in [-0.1, -0.05) is 65.8 Å². The highest BCUT2D eigenvalue weighted by Crippen LogP contribution is 2.17. The maximum Gasteiger partial charge on any atom is 0.343 e. The van der Waals surface area contributed by atoms with Crippen LogP contribution in [0.1, 0.15) is 24.1 Å². The van der Waals surface area contributed by atoms with Crippen LogP contribution in [0.5, 0.6) is 0 Å². The van der Waals surface area contributed by atoms with Crippen LogP contribution >= 0.6 is 23.4 Å². The number of carbonyl (C=O) groups is 1. The van der Waals surface area contributed by atoms with Crippen molar-refractivity contribution in [3.05, 3.63) is 81.2 Å². The number of aryl methyl sites for hydroxylation is 1. The predicted molar refractivity (Wildman–Crippen MR) is 112 cm³/mol. The molecule has 0 unspecified atom stereocenters. The van der Waals surface area contributed by atoms with Crippen LogP contribution in [-0.4, -0.2) is 26.4 Å². The predicted octanol–water partition coefficient (Wildman–Crippen LogP) is 3.44. The normalized spacial score (nSPS) is 11.9. The summed E-state index contributed by atoms with van der Waals surface area (Å²) < 4.78 is 1.56. The summed E-state index contributed by atoms with van der Waals surface area (Å²) in [6, 6.07) is 17.2. The Labute approximate surface area is 172 Å². The molecule has 2 aromatic carbocycles. The lowest BCUT2D eigenvalue weighted by atomic mass is 10.1. The summed E-state index contributed by atoms with van der Waals surface area (Å²) in [5.41, 5.74) is 1.84. The van der Waals surface area contributed by atoms with Gasteiger partial charge in [-0.3, -0.25) is 9.36 Å². The van der Waals surface area contributed by atoms with Crippen molar-refractivity contribution in [3.8, 4) is 0 Å². The average molecular weight is 417 g/mol. The van der Waals surface area contributed by atoms with E-state index in [9.17, 15) is 9.59 Å². The molecule has 1 heterocycles. The van der Waals surface area contributed by atoms with Gasteiger partial charge in [0.1, 0.15) is 0 Å². The number of rotatable bonds is 8. The third-order valence-corrected chi connectivity index (χ3v) is 5.50. The van der Waals surface area contributed by atoms with Crippen molar-refractivity contribution in [1.29, 1.82) is 0 Å². The number of thioether (sulfide) groups is 1. The van der Waals surface area contributed by atoms with E-state index >= 15 is 0 Å². The van der Waals surface area contributed by atoms with Crippen LogP contribution in [0, 0.1) is 0 Å². The molecule has 0 aliphatic carbocycles. The number of hydrogen-bond acceptors (Lipinski definition) is 4. The lowest BCUT2D eigenvalue weighted by Crippen LogP contribution is -2.28. The van der Waals surface area contributed by atoms with Crippen molar-refractivity contribution in [2.75, 3.05) is 5.75 Å². The van der Waals surface area contributed by atoms with Crippen LogP contribution in [0.3, 0.4) is 0 Å². The molecular formula is C20H21ClN4O2S. The van der Waals surface area contributed by atoms with E-state index in [1.165, 1.54) is 11.8 Å². The summed E-state index contributed by atoms with van der Waals surface area (Å²) >= 11 is 7.13. The second-order valence-electron chi connectivity index (χ2n) is 6.33. The molecule has 2 N–H and O–H groups in total. The van der Waals surface area contributed by atoms with Gasteiger partial charge < -0.3 is 5.32 Å². The Morgan fingerprint density at radius 3 is 2.64 bits per heavy atom. The molecule has 6 nitrogen and oxygen atoms in total. The van der Waals surface area contributed by atoms with Gasteiger partial charge in [-0.2, -0.15) is 0 Å². The number of amides is 1. The average Bonchev–Trinajstić information content (AvgIpc) is 3.05. The van der Waals surface area contributed by atoms with Gasteiger partial charge >= 0.3 is 5.69 Å². The minimum Gasteiger partial charge on any atom is -0.349 e. The number of H-pyrrole nitrogens is 1. The molecule has 0 spiro atoms. The third-order valence-electron chi connectivity index (χ3n) is 4.27. The van der Waals surface area contributed by atoms with Gasteiger partial charge in [-0.25, -0.2) is 9.89 Å². The van der Waals surface area contributed by atoms with Gasteiger partial charge in [0, 0.05) is 11.6 Å². The molecule has 0 bridgehead atoms. The van der Waals surface area contributed by atoms with Gasteiger partial charge in [0.2, 0.25) is 5.91 Å². The number of nitrogens with zero attached hydrogens (tertiary/aromatic N) is 2. The molecule has 3 rings (SSSR count). The number of carbonyl (C=O) groups excluding carboxylic acids is 1. The number of benzene rings is 2. The number of aromatic nitrogens is 3. The maximum atomic E-state index is 12.3. The van der Waals surface area contributed by atoms with E-state index in [2.05, 4.69) is 15.5 Å². The fraction of sp³-hybridized carbons (Fsp3) is 0.250. The fourth-order valence-electron chi connectivity index (χ4n) is 2.74. The van der Waals surface area contributed by atoms with E-state index < -0.39 is 0 Å². The van der Waals surface area contributed by atoms with Crippen LogP contribution in [0.25, 0.3) is 0 Å². The quantitative estimate of drug-likeness (QED) is 0.551.